The Labute approximate surface area is 793 Å². The van der Waals surface area contributed by atoms with E-state index in [1.165, 1.54) is 9.13 Å². The highest BCUT2D eigenvalue weighted by Crippen LogP contribution is 2.22. The van der Waals surface area contributed by atoms with E-state index < -0.39 is 94.2 Å². The van der Waals surface area contributed by atoms with Crippen LogP contribution in [0.4, 0.5) is 20.1 Å². The van der Waals surface area contributed by atoms with Gasteiger partial charge in [0.15, 0.2) is 0 Å². The SMILES string of the molecule is CC(C)(C)OC(=O)CC[C@H](NC(=O)N[C@@H](CCCCNC(=O)Nc1cccc(-c2cn(CCOCCOCCOCCC(=O)N[C@@H](CCCCNC(=O)OC(C)(C)C)C(=O)NCCOCCOCCOCCOCCOCCOCCOCCOCCC(=O)N[C@@H](CCCCNC(=O)CCCc3ccc(I)cc3)C(=O)OC(C)(C)C)nn2)c1)C(=O)OC(C)(C)C)C(=O)OC(C)(C)C. The molecule has 2 aromatic carbocycles. The Hall–Kier alpha value is -8.56. The molecular weight excluding hydrogens is 1830 g/mol. The molecule has 3 rings (SSSR count). The van der Waals surface area contributed by atoms with Crippen LogP contribution in [-0.2, 0) is 127 Å². The fraction of sp³-hybridized carbons (Fsp3) is 0.728. The maximum absolute atomic E-state index is 13.4. The van der Waals surface area contributed by atoms with Gasteiger partial charge in [-0.2, -0.15) is 0 Å². The summed E-state index contributed by atoms with van der Waals surface area (Å²) in [5, 5.41) is 33.4. The first-order chi connectivity index (χ1) is 62.6. The van der Waals surface area contributed by atoms with Gasteiger partial charge in [-0.1, -0.05) is 29.5 Å². The number of carbonyl (C=O) groups is 11. The number of hydrogen-bond acceptors (Lipinski definition) is 29. The minimum atomic E-state index is -1.24. The number of hydrogen-bond donors (Lipinski definition) is 9. The monoisotopic (exact) mass is 1990 g/mol. The van der Waals surface area contributed by atoms with Crippen LogP contribution in [0.25, 0.3) is 11.3 Å². The zero-order valence-electron chi connectivity index (χ0n) is 80.7. The first-order valence-corrected chi connectivity index (χ1v) is 46.9. The van der Waals surface area contributed by atoms with E-state index in [0.717, 1.165) is 12.8 Å². The maximum atomic E-state index is 13.4. The summed E-state index contributed by atoms with van der Waals surface area (Å²) >= 11 is 2.27. The Kier molecular flexibility index (Phi) is 60.2. The van der Waals surface area contributed by atoms with Crippen molar-refractivity contribution in [3.63, 3.8) is 0 Å². The molecule has 9 amide bonds. The van der Waals surface area contributed by atoms with E-state index in [-0.39, 0.29) is 122 Å². The van der Waals surface area contributed by atoms with Crippen LogP contribution in [0.15, 0.2) is 54.7 Å². The molecule has 0 spiro atoms. The average molecular weight is 1990 g/mol. The van der Waals surface area contributed by atoms with Crippen LogP contribution < -0.4 is 47.9 Å². The average Bonchev–Trinajstić information content (AvgIpc) is 1.67. The van der Waals surface area contributed by atoms with Crippen molar-refractivity contribution in [3.05, 3.63) is 63.9 Å². The molecule has 9 N–H and O–H groups in total. The summed E-state index contributed by atoms with van der Waals surface area (Å²) in [7, 11) is 0. The molecule has 0 saturated heterocycles. The van der Waals surface area contributed by atoms with Gasteiger partial charge in [0.25, 0.3) is 0 Å². The maximum Gasteiger partial charge on any atom is 0.407 e. The number of amides is 9. The van der Waals surface area contributed by atoms with Crippen LogP contribution in [0.5, 0.6) is 0 Å². The Bertz CT molecular complexity index is 3770. The van der Waals surface area contributed by atoms with Gasteiger partial charge < -0.3 is 124 Å². The predicted molar refractivity (Wildman–Crippen MR) is 500 cm³/mol. The number of urea groups is 2. The van der Waals surface area contributed by atoms with Crippen molar-refractivity contribution in [2.24, 2.45) is 0 Å². The molecule has 1 heterocycles. The molecule has 39 nitrogen and oxygen atoms in total. The lowest BCUT2D eigenvalue weighted by Crippen LogP contribution is -2.53. The van der Waals surface area contributed by atoms with Gasteiger partial charge in [-0.05, 0) is 233 Å². The van der Waals surface area contributed by atoms with Crippen molar-refractivity contribution in [3.8, 4) is 11.3 Å². The van der Waals surface area contributed by atoms with Crippen molar-refractivity contribution in [1.82, 2.24) is 57.5 Å². The number of halogens is 1. The zero-order chi connectivity index (χ0) is 97.5. The van der Waals surface area contributed by atoms with Gasteiger partial charge in [-0.25, -0.2) is 33.4 Å². The predicted octanol–water partition coefficient (Wildman–Crippen LogP) is 9.08. The van der Waals surface area contributed by atoms with Crippen LogP contribution in [0.3, 0.4) is 0 Å². The number of aromatic nitrogens is 3. The van der Waals surface area contributed by atoms with E-state index in [1.807, 2.05) is 6.07 Å². The highest BCUT2D eigenvalue weighted by atomic mass is 127. The van der Waals surface area contributed by atoms with E-state index in [0.29, 0.717) is 187 Å². The number of anilines is 1. The highest BCUT2D eigenvalue weighted by molar-refractivity contribution is 14.1. The summed E-state index contributed by atoms with van der Waals surface area (Å²) < 4.78 is 91.9. The van der Waals surface area contributed by atoms with Gasteiger partial charge in [0.1, 0.15) is 57.9 Å². The van der Waals surface area contributed by atoms with Crippen LogP contribution in [0.1, 0.15) is 206 Å². The largest absolute Gasteiger partial charge is 0.460 e. The summed E-state index contributed by atoms with van der Waals surface area (Å²) in [5.74, 6) is -3.61. The van der Waals surface area contributed by atoms with Crippen LogP contribution in [0.2, 0.25) is 0 Å². The summed E-state index contributed by atoms with van der Waals surface area (Å²) in [6.07, 6.45) is 6.94. The molecule has 4 atom stereocenters. The molecule has 0 fully saturated rings. The summed E-state index contributed by atoms with van der Waals surface area (Å²) in [6.45, 7) is 34.3. The van der Waals surface area contributed by atoms with Crippen molar-refractivity contribution >= 4 is 93.9 Å². The van der Waals surface area contributed by atoms with E-state index in [1.54, 1.807) is 133 Å². The van der Waals surface area contributed by atoms with Crippen molar-refractivity contribution < 1.29 is 129 Å². The van der Waals surface area contributed by atoms with Crippen molar-refractivity contribution in [2.75, 3.05) is 177 Å². The van der Waals surface area contributed by atoms with Crippen LogP contribution >= 0.6 is 22.6 Å². The highest BCUT2D eigenvalue weighted by Gasteiger charge is 2.33. The number of nitrogens with zero attached hydrogens (tertiary/aromatic N) is 3. The van der Waals surface area contributed by atoms with E-state index in [2.05, 4.69) is 105 Å². The lowest BCUT2D eigenvalue weighted by atomic mass is 10.1. The molecule has 0 aliphatic heterocycles. The molecule has 3 aromatic rings. The third kappa shape index (κ3) is 65.1. The van der Waals surface area contributed by atoms with Gasteiger partial charge in [-0.3, -0.25) is 24.0 Å². The molecule has 0 unspecified atom stereocenters. The fourth-order valence-electron chi connectivity index (χ4n) is 11.7. The van der Waals surface area contributed by atoms with Gasteiger partial charge >= 0.3 is 42.0 Å². The van der Waals surface area contributed by atoms with E-state index >= 15 is 0 Å². The number of aryl methyl sites for hydroxylation is 1. The molecule has 40 heteroatoms. The molecule has 0 saturated carbocycles. The number of nitrogens with one attached hydrogen (secondary N) is 9. The molecule has 0 radical (unpaired) electrons. The van der Waals surface area contributed by atoms with Crippen LogP contribution in [0, 0.1) is 3.57 Å². The smallest absolute Gasteiger partial charge is 0.407 e. The molecular formula is C92H153IN12O27. The third-order valence-corrected chi connectivity index (χ3v) is 18.5. The number of esters is 4. The Balaban J connectivity index is 1.21. The zero-order valence-corrected chi connectivity index (χ0v) is 82.8. The molecule has 132 heavy (non-hydrogen) atoms. The molecule has 1 aromatic heterocycles. The van der Waals surface area contributed by atoms with E-state index in [9.17, 15) is 52.7 Å². The van der Waals surface area contributed by atoms with Gasteiger partial charge in [0, 0.05) is 66.7 Å². The lowest BCUT2D eigenvalue weighted by Gasteiger charge is -2.27. The molecule has 0 aliphatic carbocycles. The number of alkyl carbamates (subject to hydrolysis) is 1. The Morgan fingerprint density at radius 3 is 1.23 bits per heavy atom. The number of carbonyl (C=O) groups excluding carboxylic acids is 11. The summed E-state index contributed by atoms with van der Waals surface area (Å²) in [5.41, 5.74) is -0.923. The number of rotatable bonds is 71. The van der Waals surface area contributed by atoms with Crippen LogP contribution in [-0.4, -0.2) is 304 Å². The van der Waals surface area contributed by atoms with Crippen molar-refractivity contribution in [1.29, 1.82) is 0 Å². The third-order valence-electron chi connectivity index (χ3n) is 17.8. The summed E-state index contributed by atoms with van der Waals surface area (Å²) in [6, 6.07) is 10.0. The van der Waals surface area contributed by atoms with Gasteiger partial charge in [0.05, 0.1) is 158 Å². The Morgan fingerprint density at radius 2 is 0.765 bits per heavy atom. The minimum Gasteiger partial charge on any atom is -0.460 e. The van der Waals surface area contributed by atoms with E-state index in [4.69, 9.17) is 75.8 Å². The molecule has 750 valence electrons. The summed E-state index contributed by atoms with van der Waals surface area (Å²) in [4.78, 5) is 142. The van der Waals surface area contributed by atoms with Gasteiger partial charge in [-0.15, -0.1) is 5.10 Å². The number of ether oxygens (including phenoxy) is 16. The lowest BCUT2D eigenvalue weighted by molar-refractivity contribution is -0.160. The standard InChI is InChI=1S/C92H153IN12O27/c1-88(2,3)128-80(109)36-35-75(84(113)131-91(10,11)12)102-86(115)101-74(83(112)130-90(7,8)9)29-18-20-40-96-85(114)98-71-26-23-25-69(66-71)76-67-105(104-103-76)43-47-120-51-55-121-52-48-117-44-37-78(107)99-72(27-16-21-41-97-87(116)132-92(13,14)15)81(110)95-42-46-119-50-54-123-57-59-125-61-63-127-65-64-126-62-60-124-58-56-122-53-49-118-45-38-79(108)100-73(82(111)129-89(4,5)6)28-17-19-39-94-77(106)30-22-24-68-31-33-70(93)34-32-68/h23,25-26,31-34,66-67,72-75H,16-22,24,27-30,35-65H2,1-15H3,(H,94,106)(H,95,110)(H,97,116)(H,99,107)(H,100,108)(H2,96,98,114)(H2,101,102,115)/t72-,73-,74-,75-/m0/s1. The topological polar surface area (TPSA) is 474 Å². The van der Waals surface area contributed by atoms with Crippen molar-refractivity contribution in [2.45, 2.75) is 265 Å². The second kappa shape index (κ2) is 67.6. The number of benzene rings is 2. The van der Waals surface area contributed by atoms with Gasteiger partial charge in [0.2, 0.25) is 23.6 Å². The minimum absolute atomic E-state index is 0.000973. The number of unbranched alkanes of at least 4 members (excludes halogenated alkanes) is 3. The first kappa shape index (κ1) is 118. The second-order valence-corrected chi connectivity index (χ2v) is 37.0. The quantitative estimate of drug-likeness (QED) is 0.0110. The molecule has 0 bridgehead atoms. The molecule has 0 aliphatic rings. The second-order valence-electron chi connectivity index (χ2n) is 35.8. The fourth-order valence-corrected chi connectivity index (χ4v) is 12.1. The Morgan fingerprint density at radius 1 is 0.364 bits per heavy atom. The first-order valence-electron chi connectivity index (χ1n) is 45.8. The normalized spacial score (nSPS) is 12.7.